The number of nitrogens with zero attached hydrogens (tertiary/aromatic N) is 1. The molecule has 2 heterocycles. The molecule has 0 radical (unpaired) electrons. The summed E-state index contributed by atoms with van der Waals surface area (Å²) in [5.74, 6) is -0.184. The molecule has 0 saturated carbocycles. The van der Waals surface area contributed by atoms with Gasteiger partial charge in [-0.15, -0.1) is 0 Å². The normalized spacial score (nSPS) is 17.6. The van der Waals surface area contributed by atoms with Crippen LogP contribution in [0.2, 0.25) is 0 Å². The molecule has 2 amide bonds. The minimum atomic E-state index is -0.360. The molecule has 2 N–H and O–H groups in total. The molecule has 1 aliphatic rings. The molecule has 7 heteroatoms. The van der Waals surface area contributed by atoms with Gasteiger partial charge < -0.3 is 20.0 Å². The average Bonchev–Trinajstić information content (AvgIpc) is 3.01. The van der Waals surface area contributed by atoms with Crippen LogP contribution in [0.3, 0.4) is 0 Å². The van der Waals surface area contributed by atoms with Crippen LogP contribution in [-0.4, -0.2) is 42.4 Å². The monoisotopic (exact) mass is 391 g/mol. The highest BCUT2D eigenvalue weighted by molar-refractivity contribution is 9.10. The molecule has 2 aromatic rings. The van der Waals surface area contributed by atoms with Crippen molar-refractivity contribution in [1.29, 1.82) is 0 Å². The minimum Gasteiger partial charge on any atom is -0.444 e. The van der Waals surface area contributed by atoms with Gasteiger partial charge >= 0.3 is 0 Å². The van der Waals surface area contributed by atoms with E-state index in [1.165, 1.54) is 0 Å². The third-order valence-electron chi connectivity index (χ3n) is 3.93. The van der Waals surface area contributed by atoms with E-state index in [2.05, 4.69) is 26.6 Å². The highest BCUT2D eigenvalue weighted by Gasteiger charge is 2.24. The predicted octanol–water partition coefficient (Wildman–Crippen LogP) is 2.73. The lowest BCUT2D eigenvalue weighted by molar-refractivity contribution is 0.0655. The Morgan fingerprint density at radius 1 is 1.33 bits per heavy atom. The summed E-state index contributed by atoms with van der Waals surface area (Å²) in [4.78, 5) is 26.7. The molecular weight excluding hydrogens is 374 g/mol. The Labute approximate surface area is 148 Å². The first-order valence-electron chi connectivity index (χ1n) is 7.73. The Morgan fingerprint density at radius 2 is 2.17 bits per heavy atom. The van der Waals surface area contributed by atoms with Gasteiger partial charge in [0.1, 0.15) is 0 Å². The van der Waals surface area contributed by atoms with E-state index in [4.69, 9.17) is 4.42 Å². The number of benzene rings is 1. The fourth-order valence-corrected chi connectivity index (χ4v) is 2.97. The van der Waals surface area contributed by atoms with Crippen molar-refractivity contribution in [2.75, 3.05) is 25.0 Å². The summed E-state index contributed by atoms with van der Waals surface area (Å²) < 4.78 is 5.72. The third kappa shape index (κ3) is 3.68. The molecule has 6 nitrogen and oxygen atoms in total. The van der Waals surface area contributed by atoms with Crippen molar-refractivity contribution in [3.63, 3.8) is 0 Å². The van der Waals surface area contributed by atoms with E-state index in [1.54, 1.807) is 36.4 Å². The molecule has 1 saturated heterocycles. The van der Waals surface area contributed by atoms with Crippen LogP contribution in [0.25, 0.3) is 0 Å². The van der Waals surface area contributed by atoms with E-state index in [0.29, 0.717) is 22.5 Å². The van der Waals surface area contributed by atoms with E-state index in [9.17, 15) is 9.59 Å². The maximum atomic E-state index is 12.7. The van der Waals surface area contributed by atoms with Crippen LogP contribution in [0.4, 0.5) is 5.69 Å². The van der Waals surface area contributed by atoms with Gasteiger partial charge in [0.2, 0.25) is 0 Å². The maximum absolute atomic E-state index is 12.7. The zero-order chi connectivity index (χ0) is 17.1. The lowest BCUT2D eigenvalue weighted by Gasteiger charge is -2.34. The SMILES string of the molecule is CC1CNCCN1C(=O)c1cccc(NC(=O)c2ccc(Br)o2)c1. The van der Waals surface area contributed by atoms with Crippen molar-refractivity contribution in [3.05, 3.63) is 52.4 Å². The van der Waals surface area contributed by atoms with Gasteiger partial charge in [0, 0.05) is 36.9 Å². The fourth-order valence-electron chi connectivity index (χ4n) is 2.67. The number of rotatable bonds is 3. The van der Waals surface area contributed by atoms with Gasteiger partial charge in [-0.05, 0) is 53.2 Å². The van der Waals surface area contributed by atoms with Crippen molar-refractivity contribution in [2.45, 2.75) is 13.0 Å². The Hall–Kier alpha value is -2.12. The van der Waals surface area contributed by atoms with Crippen molar-refractivity contribution < 1.29 is 14.0 Å². The Balaban J connectivity index is 1.74. The van der Waals surface area contributed by atoms with Gasteiger partial charge in [-0.2, -0.15) is 0 Å². The van der Waals surface area contributed by atoms with Crippen LogP contribution in [0.1, 0.15) is 27.8 Å². The first-order valence-corrected chi connectivity index (χ1v) is 8.52. The van der Waals surface area contributed by atoms with E-state index in [0.717, 1.165) is 13.1 Å². The van der Waals surface area contributed by atoms with Gasteiger partial charge in [0.15, 0.2) is 10.4 Å². The molecule has 126 valence electrons. The highest BCUT2D eigenvalue weighted by atomic mass is 79.9. The maximum Gasteiger partial charge on any atom is 0.291 e. The Morgan fingerprint density at radius 3 is 2.88 bits per heavy atom. The summed E-state index contributed by atoms with van der Waals surface area (Å²) in [6.45, 7) is 4.27. The summed E-state index contributed by atoms with van der Waals surface area (Å²) in [6, 6.07) is 10.3. The van der Waals surface area contributed by atoms with Crippen molar-refractivity contribution in [1.82, 2.24) is 10.2 Å². The van der Waals surface area contributed by atoms with Gasteiger partial charge in [-0.3, -0.25) is 9.59 Å². The summed E-state index contributed by atoms with van der Waals surface area (Å²) in [5.41, 5.74) is 1.11. The number of piperazine rings is 1. The zero-order valence-corrected chi connectivity index (χ0v) is 14.8. The number of carbonyl (C=O) groups is 2. The number of hydrogen-bond donors (Lipinski definition) is 2. The largest absolute Gasteiger partial charge is 0.444 e. The number of furan rings is 1. The molecule has 1 aromatic carbocycles. The van der Waals surface area contributed by atoms with E-state index in [-0.39, 0.29) is 23.6 Å². The van der Waals surface area contributed by atoms with Crippen LogP contribution < -0.4 is 10.6 Å². The molecule has 1 aromatic heterocycles. The van der Waals surface area contributed by atoms with Crippen LogP contribution >= 0.6 is 15.9 Å². The number of amides is 2. The summed E-state index contributed by atoms with van der Waals surface area (Å²) in [7, 11) is 0. The topological polar surface area (TPSA) is 74.6 Å². The molecule has 1 unspecified atom stereocenters. The van der Waals surface area contributed by atoms with Crippen LogP contribution in [0, 0.1) is 0 Å². The zero-order valence-electron chi connectivity index (χ0n) is 13.2. The van der Waals surface area contributed by atoms with E-state index < -0.39 is 0 Å². The van der Waals surface area contributed by atoms with E-state index in [1.807, 2.05) is 11.8 Å². The first-order chi connectivity index (χ1) is 11.5. The minimum absolute atomic E-state index is 0.0270. The molecule has 24 heavy (non-hydrogen) atoms. The van der Waals surface area contributed by atoms with Gasteiger partial charge in [-0.1, -0.05) is 6.07 Å². The molecule has 1 fully saturated rings. The number of nitrogens with one attached hydrogen (secondary N) is 2. The van der Waals surface area contributed by atoms with Crippen LogP contribution in [0.15, 0.2) is 45.5 Å². The molecule has 3 rings (SSSR count). The smallest absolute Gasteiger partial charge is 0.291 e. The lowest BCUT2D eigenvalue weighted by atomic mass is 10.1. The quantitative estimate of drug-likeness (QED) is 0.843. The van der Waals surface area contributed by atoms with Crippen LogP contribution in [-0.2, 0) is 0 Å². The number of hydrogen-bond acceptors (Lipinski definition) is 4. The van der Waals surface area contributed by atoms with Gasteiger partial charge in [0.05, 0.1) is 0 Å². The fraction of sp³-hybridized carbons (Fsp3) is 0.294. The molecular formula is C17H18BrN3O3. The lowest BCUT2D eigenvalue weighted by Crippen LogP contribution is -2.52. The molecule has 1 aliphatic heterocycles. The van der Waals surface area contributed by atoms with Crippen molar-refractivity contribution in [2.24, 2.45) is 0 Å². The summed E-state index contributed by atoms with van der Waals surface area (Å²) in [5, 5.41) is 6.01. The second-order valence-corrected chi connectivity index (χ2v) is 6.47. The predicted molar refractivity (Wildman–Crippen MR) is 94.2 cm³/mol. The van der Waals surface area contributed by atoms with Gasteiger partial charge in [0.25, 0.3) is 11.8 Å². The number of carbonyl (C=O) groups excluding carboxylic acids is 2. The van der Waals surface area contributed by atoms with Crippen LogP contribution in [0.5, 0.6) is 0 Å². The van der Waals surface area contributed by atoms with E-state index >= 15 is 0 Å². The number of anilines is 1. The molecule has 0 spiro atoms. The summed E-state index contributed by atoms with van der Waals surface area (Å²) in [6.07, 6.45) is 0. The van der Waals surface area contributed by atoms with Crippen molar-refractivity contribution >= 4 is 33.4 Å². The third-order valence-corrected chi connectivity index (χ3v) is 4.35. The average molecular weight is 392 g/mol. The Kier molecular flexibility index (Phi) is 5.01. The summed E-state index contributed by atoms with van der Waals surface area (Å²) >= 11 is 3.16. The molecule has 0 bridgehead atoms. The highest BCUT2D eigenvalue weighted by Crippen LogP contribution is 2.18. The van der Waals surface area contributed by atoms with Crippen molar-refractivity contribution in [3.8, 4) is 0 Å². The first kappa shape index (κ1) is 16.7. The standard InChI is InChI=1S/C17H18BrN3O3/c1-11-10-19-7-8-21(11)17(23)12-3-2-4-13(9-12)20-16(22)14-5-6-15(18)24-14/h2-6,9,11,19H,7-8,10H2,1H3,(H,20,22). The number of halogens is 1. The second kappa shape index (κ2) is 7.19. The molecule has 0 aliphatic carbocycles. The second-order valence-electron chi connectivity index (χ2n) is 5.69. The molecule has 1 atom stereocenters. The van der Waals surface area contributed by atoms with Gasteiger partial charge in [-0.25, -0.2) is 0 Å². The Bertz CT molecular complexity index is 759.